The predicted molar refractivity (Wildman–Crippen MR) is 68.6 cm³/mol. The van der Waals surface area contributed by atoms with E-state index in [2.05, 4.69) is 4.98 Å². The van der Waals surface area contributed by atoms with Gasteiger partial charge in [-0.3, -0.25) is 10.1 Å². The first-order valence-electron chi connectivity index (χ1n) is 5.26. The molecule has 3 amide bonds. The van der Waals surface area contributed by atoms with Crippen LogP contribution in [0.4, 0.5) is 4.79 Å². The SMILES string of the molecule is CSc1ncccc1C(=O)OC(C)C(=O)NC(N)=O. The lowest BCUT2D eigenvalue weighted by atomic mass is 10.3. The first kappa shape index (κ1) is 15.0. The number of nitrogens with two attached hydrogens (primary N) is 1. The van der Waals surface area contributed by atoms with E-state index in [1.165, 1.54) is 18.7 Å². The number of carbonyl (C=O) groups is 3. The van der Waals surface area contributed by atoms with Crippen LogP contribution < -0.4 is 11.1 Å². The molecule has 3 N–H and O–H groups in total. The highest BCUT2D eigenvalue weighted by atomic mass is 32.2. The van der Waals surface area contributed by atoms with Crippen LogP contribution in [0.5, 0.6) is 0 Å². The van der Waals surface area contributed by atoms with Crippen molar-refractivity contribution in [3.05, 3.63) is 23.9 Å². The van der Waals surface area contributed by atoms with Crippen molar-refractivity contribution in [2.24, 2.45) is 5.73 Å². The van der Waals surface area contributed by atoms with Gasteiger partial charge in [0.1, 0.15) is 5.03 Å². The van der Waals surface area contributed by atoms with E-state index in [1.54, 1.807) is 24.6 Å². The second-order valence-corrected chi connectivity index (χ2v) is 4.26. The second kappa shape index (κ2) is 6.74. The quantitative estimate of drug-likeness (QED) is 0.616. The summed E-state index contributed by atoms with van der Waals surface area (Å²) in [7, 11) is 0. The highest BCUT2D eigenvalue weighted by Gasteiger charge is 2.21. The number of aromatic nitrogens is 1. The summed E-state index contributed by atoms with van der Waals surface area (Å²) in [6, 6.07) is 2.13. The van der Waals surface area contributed by atoms with Gasteiger partial charge in [0.15, 0.2) is 6.10 Å². The minimum absolute atomic E-state index is 0.258. The number of carbonyl (C=O) groups excluding carboxylic acids is 3. The summed E-state index contributed by atoms with van der Waals surface area (Å²) < 4.78 is 4.93. The number of esters is 1. The number of pyridine rings is 1. The molecule has 7 nitrogen and oxygen atoms in total. The van der Waals surface area contributed by atoms with Crippen LogP contribution in [0.3, 0.4) is 0 Å². The maximum atomic E-state index is 11.9. The Labute approximate surface area is 113 Å². The Morgan fingerprint density at radius 2 is 2.16 bits per heavy atom. The Kier molecular flexibility index (Phi) is 5.31. The molecule has 102 valence electrons. The van der Waals surface area contributed by atoms with Gasteiger partial charge in [-0.2, -0.15) is 0 Å². The Hall–Kier alpha value is -2.09. The van der Waals surface area contributed by atoms with Crippen molar-refractivity contribution in [3.8, 4) is 0 Å². The Morgan fingerprint density at radius 1 is 1.47 bits per heavy atom. The number of urea groups is 1. The number of rotatable bonds is 4. The summed E-state index contributed by atoms with van der Waals surface area (Å²) >= 11 is 1.28. The first-order valence-corrected chi connectivity index (χ1v) is 6.48. The third-order valence-electron chi connectivity index (χ3n) is 2.08. The summed E-state index contributed by atoms with van der Waals surface area (Å²) in [5.74, 6) is -1.47. The molecule has 8 heteroatoms. The molecule has 1 unspecified atom stereocenters. The van der Waals surface area contributed by atoms with Crippen molar-refractivity contribution in [1.29, 1.82) is 0 Å². The number of ether oxygens (including phenoxy) is 1. The average molecular weight is 283 g/mol. The van der Waals surface area contributed by atoms with Crippen LogP contribution in [0, 0.1) is 0 Å². The van der Waals surface area contributed by atoms with Crippen molar-refractivity contribution >= 4 is 29.7 Å². The molecule has 0 saturated carbocycles. The van der Waals surface area contributed by atoms with Crippen molar-refractivity contribution in [1.82, 2.24) is 10.3 Å². The van der Waals surface area contributed by atoms with Crippen molar-refractivity contribution in [2.75, 3.05) is 6.26 Å². The van der Waals surface area contributed by atoms with E-state index in [1.807, 2.05) is 5.32 Å². The number of nitrogens with one attached hydrogen (secondary N) is 1. The Balaban J connectivity index is 2.74. The maximum absolute atomic E-state index is 11.9. The van der Waals surface area contributed by atoms with Gasteiger partial charge in [0, 0.05) is 6.20 Å². The van der Waals surface area contributed by atoms with E-state index >= 15 is 0 Å². The van der Waals surface area contributed by atoms with E-state index in [4.69, 9.17) is 10.5 Å². The lowest BCUT2D eigenvalue weighted by molar-refractivity contribution is -0.127. The summed E-state index contributed by atoms with van der Waals surface area (Å²) in [6.45, 7) is 1.34. The third-order valence-corrected chi connectivity index (χ3v) is 2.80. The molecule has 0 radical (unpaired) electrons. The van der Waals surface area contributed by atoms with Gasteiger partial charge < -0.3 is 10.5 Å². The Morgan fingerprint density at radius 3 is 2.74 bits per heavy atom. The number of thioether (sulfide) groups is 1. The molecule has 1 atom stereocenters. The zero-order chi connectivity index (χ0) is 14.4. The van der Waals surface area contributed by atoms with Crippen LogP contribution in [0.15, 0.2) is 23.4 Å². The first-order chi connectivity index (χ1) is 8.95. The van der Waals surface area contributed by atoms with E-state index in [0.29, 0.717) is 5.03 Å². The molecule has 0 aliphatic carbocycles. The van der Waals surface area contributed by atoms with Crippen LogP contribution >= 0.6 is 11.8 Å². The maximum Gasteiger partial charge on any atom is 0.341 e. The van der Waals surface area contributed by atoms with Crippen LogP contribution in [0.25, 0.3) is 0 Å². The molecule has 0 saturated heterocycles. The molecule has 19 heavy (non-hydrogen) atoms. The van der Waals surface area contributed by atoms with Gasteiger partial charge in [-0.1, -0.05) is 0 Å². The summed E-state index contributed by atoms with van der Waals surface area (Å²) in [5, 5.41) is 2.33. The number of hydrogen-bond donors (Lipinski definition) is 2. The van der Waals surface area contributed by atoms with Gasteiger partial charge in [-0.25, -0.2) is 14.6 Å². The van der Waals surface area contributed by atoms with Gasteiger partial charge in [-0.15, -0.1) is 11.8 Å². The topological polar surface area (TPSA) is 111 Å². The molecular formula is C11H13N3O4S. The minimum atomic E-state index is -1.13. The van der Waals surface area contributed by atoms with Gasteiger partial charge in [0.2, 0.25) is 0 Å². The Bertz CT molecular complexity index is 506. The van der Waals surface area contributed by atoms with E-state index in [9.17, 15) is 14.4 Å². The number of nitrogens with zero attached hydrogens (tertiary/aromatic N) is 1. The highest BCUT2D eigenvalue weighted by Crippen LogP contribution is 2.18. The summed E-state index contributed by atoms with van der Waals surface area (Å²) in [5.41, 5.74) is 5.05. The van der Waals surface area contributed by atoms with Crippen molar-refractivity contribution in [2.45, 2.75) is 18.1 Å². The van der Waals surface area contributed by atoms with Crippen LogP contribution in [0.1, 0.15) is 17.3 Å². The van der Waals surface area contributed by atoms with Crippen LogP contribution in [-0.4, -0.2) is 35.3 Å². The fraction of sp³-hybridized carbons (Fsp3) is 0.273. The van der Waals surface area contributed by atoms with Gasteiger partial charge >= 0.3 is 12.0 Å². The standard InChI is InChI=1S/C11H13N3O4S/c1-6(8(15)14-11(12)17)18-10(16)7-4-3-5-13-9(7)19-2/h3-6H,1-2H3,(H3,12,14,15,17). The zero-order valence-corrected chi connectivity index (χ0v) is 11.2. The molecule has 0 aromatic carbocycles. The molecular weight excluding hydrogens is 270 g/mol. The lowest BCUT2D eigenvalue weighted by Crippen LogP contribution is -2.42. The third kappa shape index (κ3) is 4.25. The second-order valence-electron chi connectivity index (χ2n) is 3.46. The van der Waals surface area contributed by atoms with Crippen molar-refractivity contribution in [3.63, 3.8) is 0 Å². The molecule has 0 aliphatic heterocycles. The largest absolute Gasteiger partial charge is 0.449 e. The fourth-order valence-electron chi connectivity index (χ4n) is 1.21. The van der Waals surface area contributed by atoms with Gasteiger partial charge in [-0.05, 0) is 25.3 Å². The van der Waals surface area contributed by atoms with E-state index < -0.39 is 24.0 Å². The average Bonchev–Trinajstić information content (AvgIpc) is 2.37. The number of imide groups is 1. The molecule has 1 heterocycles. The van der Waals surface area contributed by atoms with Crippen LogP contribution in [0.2, 0.25) is 0 Å². The van der Waals surface area contributed by atoms with Crippen molar-refractivity contribution < 1.29 is 19.1 Å². The molecule has 0 aliphatic rings. The minimum Gasteiger partial charge on any atom is -0.449 e. The molecule has 1 rings (SSSR count). The zero-order valence-electron chi connectivity index (χ0n) is 10.4. The molecule has 1 aromatic rings. The molecule has 1 aromatic heterocycles. The number of primary amides is 1. The highest BCUT2D eigenvalue weighted by molar-refractivity contribution is 7.98. The van der Waals surface area contributed by atoms with Gasteiger partial charge in [0.05, 0.1) is 5.56 Å². The van der Waals surface area contributed by atoms with Gasteiger partial charge in [0.25, 0.3) is 5.91 Å². The molecule has 0 spiro atoms. The summed E-state index contributed by atoms with van der Waals surface area (Å²) in [4.78, 5) is 37.7. The van der Waals surface area contributed by atoms with E-state index in [0.717, 1.165) is 0 Å². The smallest absolute Gasteiger partial charge is 0.341 e. The number of hydrogen-bond acceptors (Lipinski definition) is 6. The fourth-order valence-corrected chi connectivity index (χ4v) is 1.75. The monoisotopic (exact) mass is 283 g/mol. The van der Waals surface area contributed by atoms with Crippen LogP contribution in [-0.2, 0) is 9.53 Å². The number of amides is 3. The lowest BCUT2D eigenvalue weighted by Gasteiger charge is -2.12. The molecule has 0 bridgehead atoms. The summed E-state index contributed by atoms with van der Waals surface area (Å²) in [6.07, 6.45) is 2.18. The molecule has 0 fully saturated rings. The predicted octanol–water partition coefficient (Wildman–Crippen LogP) is 0.544. The normalized spacial score (nSPS) is 11.5. The van der Waals surface area contributed by atoms with E-state index in [-0.39, 0.29) is 5.56 Å².